The summed E-state index contributed by atoms with van der Waals surface area (Å²) in [6, 6.07) is 0. The molecule has 0 aromatic rings. The van der Waals surface area contributed by atoms with Crippen LogP contribution in [0.4, 0.5) is 0 Å². The predicted molar refractivity (Wildman–Crippen MR) is 253 cm³/mol. The summed E-state index contributed by atoms with van der Waals surface area (Å²) in [4.78, 5) is 41.3. The molecule has 9 aliphatic rings. The van der Waals surface area contributed by atoms with Crippen LogP contribution in [-0.4, -0.2) is 233 Å². The number of aliphatic hydroxyl groups excluding tert-OH is 11. The first-order valence-electron chi connectivity index (χ1n) is 26.7. The van der Waals surface area contributed by atoms with Gasteiger partial charge in [0.15, 0.2) is 37.0 Å². The molecule has 4 aliphatic heterocycles. The molecular formula is C52H80O24. The summed E-state index contributed by atoms with van der Waals surface area (Å²) in [5, 5.41) is 141. The molecule has 0 aromatic carbocycles. The van der Waals surface area contributed by atoms with E-state index in [-0.39, 0.29) is 41.8 Å². The summed E-state index contributed by atoms with van der Waals surface area (Å²) in [6.07, 6.45) is -30.5. The van der Waals surface area contributed by atoms with Crippen LogP contribution in [0.1, 0.15) is 99.3 Å². The fraction of sp³-hybridized carbons (Fsp3) is 0.904. The second-order valence-corrected chi connectivity index (χ2v) is 25.1. The molecule has 76 heavy (non-hydrogen) atoms. The molecule has 9 rings (SSSR count). The highest BCUT2D eigenvalue weighted by Crippen LogP contribution is 2.74. The molecule has 0 unspecified atom stereocenters. The maximum absolute atomic E-state index is 14.3. The van der Waals surface area contributed by atoms with Gasteiger partial charge < -0.3 is 109 Å². The van der Waals surface area contributed by atoms with Crippen molar-refractivity contribution in [1.82, 2.24) is 0 Å². The van der Waals surface area contributed by atoms with E-state index < -0.39 is 176 Å². The number of ketones is 1. The Morgan fingerprint density at radius 3 is 1.84 bits per heavy atom. The molecule has 4 saturated carbocycles. The van der Waals surface area contributed by atoms with E-state index in [4.69, 9.17) is 37.9 Å². The topological polar surface area (TPSA) is 388 Å². The van der Waals surface area contributed by atoms with E-state index in [2.05, 4.69) is 40.7 Å². The molecule has 0 radical (unpaired) electrons. The Hall–Kier alpha value is -2.25. The maximum Gasteiger partial charge on any atom is 0.335 e. The first-order valence-corrected chi connectivity index (χ1v) is 26.7. The standard InChI is InChI=1S/C52H80O24/c1-47(2)13-14-52(68)22(15-47)21-7-8-27-48(3)11-10-29(49(4,20-55)26(48)9-12-50(27,5)51(21,6)16-28(52)57)72-46-41(76-44-36(64)34(62)32(60)25(18-54)71-44)38(37(65)39(74-46)42(66)67)73-45-40(30(58)23(56)19-69-45)75-43-35(63)33(61)31(59)24(17-53)70-43/h7,20,22-27,29-41,43-46,53-54,56,58-65,68H,8-19H2,1-6H3,(H,66,67)/t22-,23-,24+,25+,26+,27+,29-,30-,31+,32-,33-,34-,35+,36+,37-,38-,39-,40+,41+,43-,44-,45-,46+,48-,49-,50+,51+,52+/m0/s1. The Morgan fingerprint density at radius 1 is 0.671 bits per heavy atom. The third-order valence-corrected chi connectivity index (χ3v) is 20.4. The molecule has 0 spiro atoms. The number of fused-ring (bicyclic) bond motifs is 7. The highest BCUT2D eigenvalue weighted by atomic mass is 16.8. The molecule has 24 heteroatoms. The normalized spacial score (nSPS) is 54.3. The summed E-state index contributed by atoms with van der Waals surface area (Å²) in [6.45, 7) is 10.2. The second kappa shape index (κ2) is 20.9. The van der Waals surface area contributed by atoms with Crippen LogP contribution in [0.25, 0.3) is 0 Å². The number of aldehydes is 1. The predicted octanol–water partition coefficient (Wildman–Crippen LogP) is -2.72. The monoisotopic (exact) mass is 1090 g/mol. The summed E-state index contributed by atoms with van der Waals surface area (Å²) in [5.41, 5.74) is -3.34. The van der Waals surface area contributed by atoms with E-state index in [0.29, 0.717) is 38.5 Å². The Morgan fingerprint density at radius 2 is 1.26 bits per heavy atom. The second-order valence-electron chi connectivity index (χ2n) is 25.1. The maximum atomic E-state index is 14.3. The lowest BCUT2D eigenvalue weighted by atomic mass is 9.34. The molecular weight excluding hydrogens is 1010 g/mol. The van der Waals surface area contributed by atoms with Gasteiger partial charge in [0.1, 0.15) is 97.3 Å². The number of carbonyl (C=O) groups excluding carboxylic acids is 2. The van der Waals surface area contributed by atoms with Crippen LogP contribution in [0.3, 0.4) is 0 Å². The quantitative estimate of drug-likeness (QED) is 0.0536. The lowest BCUT2D eigenvalue weighted by Crippen LogP contribution is -2.69. The summed E-state index contributed by atoms with van der Waals surface area (Å²) >= 11 is 0. The largest absolute Gasteiger partial charge is 0.479 e. The van der Waals surface area contributed by atoms with Crippen LogP contribution in [-0.2, 0) is 52.3 Å². The van der Waals surface area contributed by atoms with E-state index in [9.17, 15) is 80.8 Å². The van der Waals surface area contributed by atoms with Crippen molar-refractivity contribution in [2.45, 2.75) is 228 Å². The number of hydrogen-bond donors (Lipinski definition) is 13. The van der Waals surface area contributed by atoms with E-state index >= 15 is 0 Å². The number of Topliss-reactive ketones (excluding diaryl/α,β-unsaturated/α-hetero) is 1. The summed E-state index contributed by atoms with van der Waals surface area (Å²) in [7, 11) is 0. The molecule has 4 heterocycles. The summed E-state index contributed by atoms with van der Waals surface area (Å²) in [5.74, 6) is -2.65. The number of aliphatic carboxylic acids is 1. The van der Waals surface area contributed by atoms with Gasteiger partial charge in [-0.1, -0.05) is 53.2 Å². The zero-order chi connectivity index (χ0) is 55.6. The Labute approximate surface area is 439 Å². The molecule has 0 amide bonds. The van der Waals surface area contributed by atoms with Crippen LogP contribution in [0.5, 0.6) is 0 Å². The van der Waals surface area contributed by atoms with Gasteiger partial charge in [-0.25, -0.2) is 4.79 Å². The Balaban J connectivity index is 1.05. The number of hydrogen-bond acceptors (Lipinski definition) is 23. The lowest BCUT2D eigenvalue weighted by molar-refractivity contribution is -0.400. The molecule has 24 nitrogen and oxygen atoms in total. The lowest BCUT2D eigenvalue weighted by Gasteiger charge is -2.70. The van der Waals surface area contributed by atoms with Gasteiger partial charge in [-0.3, -0.25) is 4.79 Å². The van der Waals surface area contributed by atoms with Crippen LogP contribution in [0.15, 0.2) is 11.6 Å². The van der Waals surface area contributed by atoms with Gasteiger partial charge in [-0.2, -0.15) is 0 Å². The zero-order valence-electron chi connectivity index (χ0n) is 43.7. The van der Waals surface area contributed by atoms with Crippen molar-refractivity contribution in [3.63, 3.8) is 0 Å². The number of carboxylic acid groups (broad SMARTS) is 1. The first kappa shape index (κ1) is 58.4. The average molecular weight is 1090 g/mol. The van der Waals surface area contributed by atoms with Crippen molar-refractivity contribution in [1.29, 1.82) is 0 Å². The van der Waals surface area contributed by atoms with Crippen molar-refractivity contribution < 1.29 is 119 Å². The van der Waals surface area contributed by atoms with Gasteiger partial charge in [0.2, 0.25) is 0 Å². The minimum atomic E-state index is -2.27. The molecule has 13 N–H and O–H groups in total. The smallest absolute Gasteiger partial charge is 0.335 e. The molecule has 0 aromatic heterocycles. The molecule has 8 fully saturated rings. The third-order valence-electron chi connectivity index (χ3n) is 20.4. The number of aliphatic hydroxyl groups is 12. The van der Waals surface area contributed by atoms with E-state index in [0.717, 1.165) is 18.3 Å². The van der Waals surface area contributed by atoms with Crippen molar-refractivity contribution in [3.8, 4) is 0 Å². The van der Waals surface area contributed by atoms with Crippen LogP contribution in [0.2, 0.25) is 0 Å². The van der Waals surface area contributed by atoms with E-state index in [1.54, 1.807) is 6.92 Å². The van der Waals surface area contributed by atoms with Gasteiger partial charge in [0.25, 0.3) is 0 Å². The van der Waals surface area contributed by atoms with Crippen LogP contribution in [0, 0.1) is 44.8 Å². The van der Waals surface area contributed by atoms with Crippen molar-refractivity contribution in [3.05, 3.63) is 11.6 Å². The van der Waals surface area contributed by atoms with Crippen LogP contribution < -0.4 is 0 Å². The highest BCUT2D eigenvalue weighted by Gasteiger charge is 2.71. The number of carboxylic acids is 1. The molecule has 28 atom stereocenters. The number of carbonyl (C=O) groups is 3. The first-order chi connectivity index (χ1) is 35.5. The number of allylic oxidation sites excluding steroid dienone is 1. The zero-order valence-corrected chi connectivity index (χ0v) is 43.7. The van der Waals surface area contributed by atoms with Gasteiger partial charge in [0, 0.05) is 17.8 Å². The summed E-state index contributed by atoms with van der Waals surface area (Å²) < 4.78 is 48.1. The minimum Gasteiger partial charge on any atom is -0.479 e. The fourth-order valence-corrected chi connectivity index (χ4v) is 15.6. The number of ether oxygens (including phenoxy) is 8. The Bertz CT molecular complexity index is 2180. The highest BCUT2D eigenvalue weighted by molar-refractivity contribution is 5.91. The number of rotatable bonds is 12. The van der Waals surface area contributed by atoms with Crippen LogP contribution >= 0.6 is 0 Å². The fourth-order valence-electron chi connectivity index (χ4n) is 15.6. The SMILES string of the molecule is CC1(C)CC[C@]2(O)C(=O)C[C@]3(C)C(=CC[C@@H]4[C@@]5(C)CC[C@H](O[C@@H]6O[C@H](C(=O)O)[C@@H](O)[C@H](O[C@@H]7OC[C@H](O)[C@H](O)[C@H]7O[C@@H]7O[C@H](CO)[C@@H](O)[C@H](O)[C@H]7O)[C@H]6O[C@@H]6O[C@H](CO)[C@H](O)[C@H](O)[C@H]6O)[C@@](C)(C=O)[C@@H]5CC[C@]43C)[C@@H]2C1. The molecule has 4 saturated heterocycles. The van der Waals surface area contributed by atoms with Crippen molar-refractivity contribution in [2.75, 3.05) is 19.8 Å². The molecule has 432 valence electrons. The Kier molecular flexibility index (Phi) is 16.1. The third kappa shape index (κ3) is 9.28. The minimum absolute atomic E-state index is 0.0525. The van der Waals surface area contributed by atoms with Gasteiger partial charge >= 0.3 is 5.97 Å². The van der Waals surface area contributed by atoms with E-state index in [1.807, 2.05) is 0 Å². The molecule has 5 aliphatic carbocycles. The van der Waals surface area contributed by atoms with Crippen molar-refractivity contribution >= 4 is 18.0 Å². The van der Waals surface area contributed by atoms with Gasteiger partial charge in [0.05, 0.1) is 31.3 Å². The van der Waals surface area contributed by atoms with E-state index in [1.165, 1.54) is 0 Å². The van der Waals surface area contributed by atoms with Gasteiger partial charge in [-0.15, -0.1) is 0 Å². The molecule has 0 bridgehead atoms. The van der Waals surface area contributed by atoms with Crippen molar-refractivity contribution in [2.24, 2.45) is 44.8 Å². The average Bonchev–Trinajstić information content (AvgIpc) is 3.55. The van der Waals surface area contributed by atoms with Gasteiger partial charge in [-0.05, 0) is 79.4 Å².